The topological polar surface area (TPSA) is 40.5 Å². The highest BCUT2D eigenvalue weighted by atomic mass is 16.1. The number of fused-ring (bicyclic) bond motifs is 1. The van der Waals surface area contributed by atoms with Crippen molar-refractivity contribution in [2.45, 2.75) is 25.4 Å². The fraction of sp³-hybridized carbons (Fsp3) is 0.550. The summed E-state index contributed by atoms with van der Waals surface area (Å²) < 4.78 is 2.21. The van der Waals surface area contributed by atoms with Crippen molar-refractivity contribution in [3.63, 3.8) is 0 Å². The Kier molecular flexibility index (Phi) is 5.76. The van der Waals surface area contributed by atoms with Crippen LogP contribution in [0.2, 0.25) is 0 Å². The fourth-order valence-corrected chi connectivity index (χ4v) is 3.80. The van der Waals surface area contributed by atoms with Gasteiger partial charge in [0.2, 0.25) is 5.91 Å². The third-order valence-electron chi connectivity index (χ3n) is 5.34. The Morgan fingerprint density at radius 3 is 2.80 bits per heavy atom. The van der Waals surface area contributed by atoms with E-state index < -0.39 is 0 Å². The number of nitrogens with one attached hydrogen (secondary N) is 1. The Morgan fingerprint density at radius 2 is 2.00 bits per heavy atom. The van der Waals surface area contributed by atoms with Crippen LogP contribution in [0.4, 0.5) is 0 Å². The second-order valence-corrected chi connectivity index (χ2v) is 7.47. The molecular weight excluding hydrogens is 312 g/mol. The van der Waals surface area contributed by atoms with Crippen LogP contribution >= 0.6 is 0 Å². The number of carbonyl (C=O) groups is 1. The van der Waals surface area contributed by atoms with Gasteiger partial charge in [-0.25, -0.2) is 0 Å². The maximum Gasteiger partial charge on any atom is 0.224 e. The molecule has 0 bridgehead atoms. The Hall–Kier alpha value is -1.85. The van der Waals surface area contributed by atoms with Crippen LogP contribution in [-0.2, 0) is 11.3 Å². The molecule has 25 heavy (non-hydrogen) atoms. The lowest BCUT2D eigenvalue weighted by Gasteiger charge is -2.25. The molecule has 0 radical (unpaired) electrons. The number of aromatic nitrogens is 1. The molecule has 2 atom stereocenters. The van der Waals surface area contributed by atoms with Gasteiger partial charge in [0.05, 0.1) is 5.92 Å². The Balaban J connectivity index is 1.52. The standard InChI is InChI=1S/C20H30N4O/c1-22(2)18-9-8-17(14-23(3)15-18)20(25)21-11-13-24-12-10-16-6-4-5-7-19(16)24/h4-7,10,12,17-18H,8-9,11,13-15H2,1-3H3,(H,21,25)/t17-,18+/m1/s1. The van der Waals surface area contributed by atoms with E-state index in [1.807, 2.05) is 0 Å². The van der Waals surface area contributed by atoms with Crippen molar-refractivity contribution in [2.75, 3.05) is 40.8 Å². The van der Waals surface area contributed by atoms with E-state index in [2.05, 4.69) is 77.4 Å². The number of likely N-dealkylation sites (tertiary alicyclic amines) is 1. The van der Waals surface area contributed by atoms with Gasteiger partial charge in [0, 0.05) is 43.9 Å². The smallest absolute Gasteiger partial charge is 0.224 e. The maximum absolute atomic E-state index is 12.6. The minimum Gasteiger partial charge on any atom is -0.354 e. The van der Waals surface area contributed by atoms with Gasteiger partial charge in [-0.1, -0.05) is 18.2 Å². The van der Waals surface area contributed by atoms with E-state index >= 15 is 0 Å². The normalized spacial score (nSPS) is 22.2. The van der Waals surface area contributed by atoms with Crippen LogP contribution in [0.3, 0.4) is 0 Å². The third kappa shape index (κ3) is 4.41. The van der Waals surface area contributed by atoms with Crippen LogP contribution in [0.1, 0.15) is 12.8 Å². The second kappa shape index (κ2) is 8.02. The molecule has 1 amide bonds. The molecule has 0 aliphatic carbocycles. The average Bonchev–Trinajstić information content (AvgIpc) is 2.88. The molecule has 5 nitrogen and oxygen atoms in total. The van der Waals surface area contributed by atoms with Gasteiger partial charge < -0.3 is 19.7 Å². The van der Waals surface area contributed by atoms with Gasteiger partial charge in [-0.15, -0.1) is 0 Å². The molecule has 1 aliphatic heterocycles. The maximum atomic E-state index is 12.6. The van der Waals surface area contributed by atoms with E-state index in [4.69, 9.17) is 0 Å². The quantitative estimate of drug-likeness (QED) is 0.904. The predicted molar refractivity (Wildman–Crippen MR) is 103 cm³/mol. The molecule has 5 heteroatoms. The van der Waals surface area contributed by atoms with E-state index in [-0.39, 0.29) is 11.8 Å². The molecule has 0 unspecified atom stereocenters. The monoisotopic (exact) mass is 342 g/mol. The summed E-state index contributed by atoms with van der Waals surface area (Å²) in [4.78, 5) is 17.2. The van der Waals surface area contributed by atoms with Crippen LogP contribution in [0.15, 0.2) is 36.5 Å². The Labute approximate surface area is 150 Å². The van der Waals surface area contributed by atoms with Crippen molar-refractivity contribution in [3.8, 4) is 0 Å². The van der Waals surface area contributed by atoms with E-state index in [1.165, 1.54) is 10.9 Å². The number of hydrogen-bond donors (Lipinski definition) is 1. The number of carbonyl (C=O) groups excluding carboxylic acids is 1. The number of amides is 1. The van der Waals surface area contributed by atoms with Crippen molar-refractivity contribution < 1.29 is 4.79 Å². The van der Waals surface area contributed by atoms with Crippen LogP contribution in [0.5, 0.6) is 0 Å². The van der Waals surface area contributed by atoms with Crippen molar-refractivity contribution in [1.82, 2.24) is 19.7 Å². The minimum atomic E-state index is 0.0938. The van der Waals surface area contributed by atoms with Crippen LogP contribution in [-0.4, -0.2) is 67.1 Å². The van der Waals surface area contributed by atoms with Crippen molar-refractivity contribution >= 4 is 16.8 Å². The van der Waals surface area contributed by atoms with Crippen LogP contribution in [0, 0.1) is 5.92 Å². The molecule has 2 aromatic rings. The average molecular weight is 342 g/mol. The largest absolute Gasteiger partial charge is 0.354 e. The lowest BCUT2D eigenvalue weighted by atomic mass is 10.0. The third-order valence-corrected chi connectivity index (χ3v) is 5.34. The number of nitrogens with zero attached hydrogens (tertiary/aromatic N) is 3. The summed E-state index contributed by atoms with van der Waals surface area (Å²) in [6, 6.07) is 11.0. The molecule has 1 aromatic carbocycles. The fourth-order valence-electron chi connectivity index (χ4n) is 3.80. The number of likely N-dealkylation sites (N-methyl/N-ethyl adjacent to an activating group) is 2. The van der Waals surface area contributed by atoms with Gasteiger partial charge in [0.1, 0.15) is 0 Å². The van der Waals surface area contributed by atoms with Gasteiger partial charge in [-0.05, 0) is 51.5 Å². The highest BCUT2D eigenvalue weighted by Crippen LogP contribution is 2.19. The number of hydrogen-bond acceptors (Lipinski definition) is 3. The van der Waals surface area contributed by atoms with E-state index in [0.717, 1.165) is 32.5 Å². The summed E-state index contributed by atoms with van der Waals surface area (Å²) in [5.41, 5.74) is 1.22. The first-order valence-electron chi connectivity index (χ1n) is 9.21. The highest BCUT2D eigenvalue weighted by Gasteiger charge is 2.27. The lowest BCUT2D eigenvalue weighted by molar-refractivity contribution is -0.125. The highest BCUT2D eigenvalue weighted by molar-refractivity contribution is 5.80. The van der Waals surface area contributed by atoms with Crippen molar-refractivity contribution in [2.24, 2.45) is 5.92 Å². The predicted octanol–water partition coefficient (Wildman–Crippen LogP) is 2.03. The van der Waals surface area contributed by atoms with E-state index in [9.17, 15) is 4.79 Å². The number of para-hydroxylation sites is 1. The van der Waals surface area contributed by atoms with Crippen molar-refractivity contribution in [1.29, 1.82) is 0 Å². The molecule has 1 N–H and O–H groups in total. The first kappa shape index (κ1) is 18.0. The second-order valence-electron chi connectivity index (χ2n) is 7.47. The summed E-state index contributed by atoms with van der Waals surface area (Å²) in [5.74, 6) is 0.291. The van der Waals surface area contributed by atoms with Gasteiger partial charge in [0.25, 0.3) is 0 Å². The molecular formula is C20H30N4O. The minimum absolute atomic E-state index is 0.0938. The first-order chi connectivity index (χ1) is 12.0. The summed E-state index contributed by atoms with van der Waals surface area (Å²) >= 11 is 0. The molecule has 2 heterocycles. The summed E-state index contributed by atoms with van der Waals surface area (Å²) in [6.45, 7) is 3.37. The molecule has 1 aliphatic rings. The molecule has 3 rings (SSSR count). The van der Waals surface area contributed by atoms with Gasteiger partial charge >= 0.3 is 0 Å². The molecule has 1 aromatic heterocycles. The SMILES string of the molecule is CN1C[C@H](C(=O)NCCn2ccc3ccccc32)CC[C@H](N(C)C)C1. The molecule has 136 valence electrons. The molecule has 1 fully saturated rings. The van der Waals surface area contributed by atoms with Gasteiger partial charge in [-0.2, -0.15) is 0 Å². The molecule has 1 saturated heterocycles. The summed E-state index contributed by atoms with van der Waals surface area (Å²) in [7, 11) is 6.37. The zero-order chi connectivity index (χ0) is 17.8. The molecule has 0 spiro atoms. The number of rotatable bonds is 5. The van der Waals surface area contributed by atoms with E-state index in [0.29, 0.717) is 12.6 Å². The number of benzene rings is 1. The van der Waals surface area contributed by atoms with Gasteiger partial charge in [-0.3, -0.25) is 4.79 Å². The Bertz CT molecular complexity index is 709. The molecule has 0 saturated carbocycles. The summed E-state index contributed by atoms with van der Waals surface area (Å²) in [6.07, 6.45) is 4.14. The van der Waals surface area contributed by atoms with Crippen LogP contribution < -0.4 is 5.32 Å². The van der Waals surface area contributed by atoms with Gasteiger partial charge in [0.15, 0.2) is 0 Å². The van der Waals surface area contributed by atoms with Crippen LogP contribution in [0.25, 0.3) is 10.9 Å². The Morgan fingerprint density at radius 1 is 1.20 bits per heavy atom. The lowest BCUT2D eigenvalue weighted by Crippen LogP contribution is -2.39. The first-order valence-corrected chi connectivity index (χ1v) is 9.21. The zero-order valence-corrected chi connectivity index (χ0v) is 15.6. The summed E-state index contributed by atoms with van der Waals surface area (Å²) in [5, 5.41) is 4.39. The van der Waals surface area contributed by atoms with Crippen molar-refractivity contribution in [3.05, 3.63) is 36.5 Å². The van der Waals surface area contributed by atoms with E-state index in [1.54, 1.807) is 0 Å². The zero-order valence-electron chi connectivity index (χ0n) is 15.6.